The molecule has 0 aliphatic heterocycles. The Morgan fingerprint density at radius 1 is 1.09 bits per heavy atom. The van der Waals surface area contributed by atoms with E-state index in [1.165, 1.54) is 0 Å². The minimum Gasteiger partial charge on any atom is -0.352 e. The maximum absolute atomic E-state index is 12.0. The molecule has 0 aliphatic carbocycles. The van der Waals surface area contributed by atoms with Gasteiger partial charge in [-0.1, -0.05) is 13.8 Å². The number of hydrogen-bond donors (Lipinski definition) is 2. The van der Waals surface area contributed by atoms with Gasteiger partial charge in [-0.2, -0.15) is 0 Å². The highest BCUT2D eigenvalue weighted by Crippen LogP contribution is 2.15. The molecule has 0 saturated carbocycles. The molecule has 0 aliphatic rings. The van der Waals surface area contributed by atoms with Crippen molar-refractivity contribution in [3.8, 4) is 0 Å². The molecule has 2 rings (SSSR count). The summed E-state index contributed by atoms with van der Waals surface area (Å²) in [5.74, 6) is 0.948. The number of carbonyl (C=O) groups excluding carboxylic acids is 1. The SMILES string of the molecule is Cc1cc(C)nc(Nc2ccc(C(=O)NCC(C)C)cc2)n1. The summed E-state index contributed by atoms with van der Waals surface area (Å²) in [6, 6.07) is 9.21. The number of rotatable bonds is 5. The van der Waals surface area contributed by atoms with E-state index < -0.39 is 0 Å². The first kappa shape index (κ1) is 15.9. The maximum Gasteiger partial charge on any atom is 0.251 e. The Hall–Kier alpha value is -2.43. The van der Waals surface area contributed by atoms with Crippen LogP contribution in [0.2, 0.25) is 0 Å². The zero-order valence-electron chi connectivity index (χ0n) is 13.5. The van der Waals surface area contributed by atoms with Gasteiger partial charge in [0.05, 0.1) is 0 Å². The van der Waals surface area contributed by atoms with Crippen LogP contribution in [0.25, 0.3) is 0 Å². The molecule has 2 N–H and O–H groups in total. The first-order chi connectivity index (χ1) is 10.4. The number of benzene rings is 1. The average Bonchev–Trinajstić information content (AvgIpc) is 2.44. The molecule has 0 unspecified atom stereocenters. The van der Waals surface area contributed by atoms with Crippen molar-refractivity contribution in [2.75, 3.05) is 11.9 Å². The van der Waals surface area contributed by atoms with Crippen LogP contribution in [-0.2, 0) is 0 Å². The highest BCUT2D eigenvalue weighted by Gasteiger charge is 2.06. The van der Waals surface area contributed by atoms with Crippen LogP contribution in [0.4, 0.5) is 11.6 Å². The van der Waals surface area contributed by atoms with Gasteiger partial charge in [-0.25, -0.2) is 9.97 Å². The van der Waals surface area contributed by atoms with Crippen LogP contribution in [0.5, 0.6) is 0 Å². The predicted molar refractivity (Wildman–Crippen MR) is 88.4 cm³/mol. The standard InChI is InChI=1S/C17H22N4O/c1-11(2)10-18-16(22)14-5-7-15(8-6-14)21-17-19-12(3)9-13(4)20-17/h5-9,11H,10H2,1-4H3,(H,18,22)(H,19,20,21). The van der Waals surface area contributed by atoms with Crippen molar-refractivity contribution in [1.29, 1.82) is 0 Å². The number of nitrogens with one attached hydrogen (secondary N) is 2. The first-order valence-corrected chi connectivity index (χ1v) is 7.41. The Bertz CT molecular complexity index is 630. The third-order valence-electron chi connectivity index (χ3n) is 3.06. The summed E-state index contributed by atoms with van der Waals surface area (Å²) in [6.07, 6.45) is 0. The lowest BCUT2D eigenvalue weighted by atomic mass is 10.1. The number of carbonyl (C=O) groups is 1. The van der Waals surface area contributed by atoms with Gasteiger partial charge >= 0.3 is 0 Å². The van der Waals surface area contributed by atoms with Crippen molar-refractivity contribution < 1.29 is 4.79 Å². The Balaban J connectivity index is 2.04. The van der Waals surface area contributed by atoms with Gasteiger partial charge in [0.15, 0.2) is 0 Å². The molecule has 1 aromatic heterocycles. The van der Waals surface area contributed by atoms with E-state index in [9.17, 15) is 4.79 Å². The largest absolute Gasteiger partial charge is 0.352 e. The van der Waals surface area contributed by atoms with E-state index in [0.717, 1.165) is 17.1 Å². The molecule has 0 atom stereocenters. The van der Waals surface area contributed by atoms with Crippen LogP contribution in [0.3, 0.4) is 0 Å². The second-order valence-corrected chi connectivity index (χ2v) is 5.78. The number of aromatic nitrogens is 2. The number of anilines is 2. The van der Waals surface area contributed by atoms with Crippen molar-refractivity contribution in [3.05, 3.63) is 47.3 Å². The van der Waals surface area contributed by atoms with Gasteiger partial charge in [-0.05, 0) is 50.1 Å². The number of nitrogens with zero attached hydrogens (tertiary/aromatic N) is 2. The van der Waals surface area contributed by atoms with Crippen molar-refractivity contribution in [2.45, 2.75) is 27.7 Å². The van der Waals surface area contributed by atoms with Crippen molar-refractivity contribution in [2.24, 2.45) is 5.92 Å². The Labute approximate surface area is 131 Å². The van der Waals surface area contributed by atoms with Gasteiger partial charge in [0.2, 0.25) is 5.95 Å². The molecule has 0 radical (unpaired) electrons. The smallest absolute Gasteiger partial charge is 0.251 e. The molecule has 0 fully saturated rings. The fraction of sp³-hybridized carbons (Fsp3) is 0.353. The van der Waals surface area contributed by atoms with E-state index in [1.807, 2.05) is 32.0 Å². The van der Waals surface area contributed by atoms with Crippen molar-refractivity contribution >= 4 is 17.5 Å². The molecule has 116 valence electrons. The molecule has 22 heavy (non-hydrogen) atoms. The van der Waals surface area contributed by atoms with Gasteiger partial charge in [-0.15, -0.1) is 0 Å². The number of amides is 1. The van der Waals surface area contributed by atoms with Gasteiger partial charge in [-0.3, -0.25) is 4.79 Å². The van der Waals surface area contributed by atoms with Crippen LogP contribution in [0.1, 0.15) is 35.6 Å². The average molecular weight is 298 g/mol. The normalized spacial score (nSPS) is 10.6. The summed E-state index contributed by atoms with van der Waals surface area (Å²) in [5.41, 5.74) is 3.33. The zero-order valence-corrected chi connectivity index (χ0v) is 13.5. The molecule has 1 heterocycles. The molecule has 0 saturated heterocycles. The first-order valence-electron chi connectivity index (χ1n) is 7.41. The van der Waals surface area contributed by atoms with E-state index in [1.54, 1.807) is 12.1 Å². The Morgan fingerprint density at radius 2 is 1.68 bits per heavy atom. The van der Waals surface area contributed by atoms with E-state index in [2.05, 4.69) is 34.4 Å². The third-order valence-corrected chi connectivity index (χ3v) is 3.06. The summed E-state index contributed by atoms with van der Waals surface area (Å²) < 4.78 is 0. The molecule has 0 spiro atoms. The van der Waals surface area contributed by atoms with Gasteiger partial charge in [0, 0.05) is 29.2 Å². The topological polar surface area (TPSA) is 66.9 Å². The summed E-state index contributed by atoms with van der Waals surface area (Å²) in [4.78, 5) is 20.6. The Morgan fingerprint density at radius 3 is 2.23 bits per heavy atom. The highest BCUT2D eigenvalue weighted by molar-refractivity contribution is 5.94. The van der Waals surface area contributed by atoms with E-state index >= 15 is 0 Å². The lowest BCUT2D eigenvalue weighted by Gasteiger charge is -2.09. The van der Waals surface area contributed by atoms with Crippen LogP contribution in [-0.4, -0.2) is 22.4 Å². The third kappa shape index (κ3) is 4.55. The van der Waals surface area contributed by atoms with Crippen LogP contribution in [0, 0.1) is 19.8 Å². The van der Waals surface area contributed by atoms with E-state index in [0.29, 0.717) is 24.0 Å². The molecular formula is C17H22N4O. The van der Waals surface area contributed by atoms with E-state index in [-0.39, 0.29) is 5.91 Å². The predicted octanol–water partition coefficient (Wildman–Crippen LogP) is 3.22. The van der Waals surface area contributed by atoms with Gasteiger partial charge < -0.3 is 10.6 Å². The minimum absolute atomic E-state index is 0.0529. The summed E-state index contributed by atoms with van der Waals surface area (Å²) >= 11 is 0. The quantitative estimate of drug-likeness (QED) is 0.889. The van der Waals surface area contributed by atoms with Crippen molar-refractivity contribution in [1.82, 2.24) is 15.3 Å². The summed E-state index contributed by atoms with van der Waals surface area (Å²) in [7, 11) is 0. The summed E-state index contributed by atoms with van der Waals surface area (Å²) in [5, 5.41) is 6.05. The molecule has 5 heteroatoms. The van der Waals surface area contributed by atoms with Gasteiger partial charge in [0.25, 0.3) is 5.91 Å². The fourth-order valence-corrected chi connectivity index (χ4v) is 2.01. The molecule has 5 nitrogen and oxygen atoms in total. The molecule has 1 aromatic carbocycles. The van der Waals surface area contributed by atoms with Crippen LogP contribution >= 0.6 is 0 Å². The maximum atomic E-state index is 12.0. The van der Waals surface area contributed by atoms with Crippen LogP contribution in [0.15, 0.2) is 30.3 Å². The molecule has 0 bridgehead atoms. The lowest BCUT2D eigenvalue weighted by molar-refractivity contribution is 0.0949. The monoisotopic (exact) mass is 298 g/mol. The van der Waals surface area contributed by atoms with Crippen LogP contribution < -0.4 is 10.6 Å². The number of hydrogen-bond acceptors (Lipinski definition) is 4. The molecule has 1 amide bonds. The second-order valence-electron chi connectivity index (χ2n) is 5.78. The second kappa shape index (κ2) is 7.02. The molecule has 2 aromatic rings. The van der Waals surface area contributed by atoms with Gasteiger partial charge in [0.1, 0.15) is 0 Å². The number of aryl methyl sites for hydroxylation is 2. The van der Waals surface area contributed by atoms with Crippen molar-refractivity contribution in [3.63, 3.8) is 0 Å². The zero-order chi connectivity index (χ0) is 16.1. The summed E-state index contributed by atoms with van der Waals surface area (Å²) in [6.45, 7) is 8.67. The molecular weight excluding hydrogens is 276 g/mol. The van der Waals surface area contributed by atoms with E-state index in [4.69, 9.17) is 0 Å². The lowest BCUT2D eigenvalue weighted by Crippen LogP contribution is -2.27. The highest BCUT2D eigenvalue weighted by atomic mass is 16.1. The Kier molecular flexibility index (Phi) is 5.09. The minimum atomic E-state index is -0.0529. The fourth-order valence-electron chi connectivity index (χ4n) is 2.01.